The van der Waals surface area contributed by atoms with Gasteiger partial charge in [0.2, 0.25) is 0 Å². The average molecular weight is 294 g/mol. The Balaban J connectivity index is 1.90. The minimum absolute atomic E-state index is 0.148. The van der Waals surface area contributed by atoms with Gasteiger partial charge in [0.25, 0.3) is 5.56 Å². The van der Waals surface area contributed by atoms with Gasteiger partial charge in [0.1, 0.15) is 17.4 Å². The molecule has 1 heterocycles. The molecule has 1 aliphatic carbocycles. The first-order chi connectivity index (χ1) is 10.7. The van der Waals surface area contributed by atoms with Crippen molar-refractivity contribution in [1.29, 1.82) is 5.26 Å². The number of aryl methyl sites for hydroxylation is 1. The van der Waals surface area contributed by atoms with E-state index in [1.807, 2.05) is 43.3 Å². The summed E-state index contributed by atoms with van der Waals surface area (Å²) in [7, 11) is 0. The summed E-state index contributed by atoms with van der Waals surface area (Å²) in [4.78, 5) is 14.5. The normalized spacial score (nSPS) is 14.7. The van der Waals surface area contributed by atoms with Crippen LogP contribution < -0.4 is 10.3 Å². The Kier molecular flexibility index (Phi) is 3.97. The number of benzene rings is 1. The van der Waals surface area contributed by atoms with Gasteiger partial charge in [-0.25, -0.2) is 0 Å². The second-order valence-electron chi connectivity index (χ2n) is 5.73. The molecule has 0 radical (unpaired) electrons. The Bertz CT molecular complexity index is 763. The first-order valence-electron chi connectivity index (χ1n) is 7.58. The maximum atomic E-state index is 11.9. The molecular formula is C18H18N2O2. The number of aromatic nitrogens is 1. The maximum absolute atomic E-state index is 11.9. The number of rotatable bonds is 3. The van der Waals surface area contributed by atoms with E-state index < -0.39 is 0 Å². The third-order valence-corrected chi connectivity index (χ3v) is 4.05. The van der Waals surface area contributed by atoms with E-state index in [1.165, 1.54) is 12.8 Å². The van der Waals surface area contributed by atoms with Crippen LogP contribution in [0.4, 0.5) is 0 Å². The van der Waals surface area contributed by atoms with E-state index >= 15 is 0 Å². The average Bonchev–Trinajstić information content (AvgIpc) is 3.00. The zero-order valence-electron chi connectivity index (χ0n) is 12.6. The number of pyridine rings is 1. The third kappa shape index (κ3) is 2.89. The van der Waals surface area contributed by atoms with Crippen LogP contribution in [0.1, 0.15) is 36.9 Å². The van der Waals surface area contributed by atoms with E-state index in [2.05, 4.69) is 4.98 Å². The Hall–Kier alpha value is -2.54. The van der Waals surface area contributed by atoms with E-state index in [9.17, 15) is 10.1 Å². The molecule has 0 atom stereocenters. The predicted octanol–water partition coefficient (Wildman–Crippen LogP) is 3.54. The van der Waals surface area contributed by atoms with Crippen LogP contribution in [0.3, 0.4) is 0 Å². The second kappa shape index (κ2) is 6.07. The monoisotopic (exact) mass is 294 g/mol. The number of hydrogen-bond acceptors (Lipinski definition) is 3. The number of ether oxygens (including phenoxy) is 1. The van der Waals surface area contributed by atoms with Crippen LogP contribution in [0.5, 0.6) is 5.75 Å². The Morgan fingerprint density at radius 2 is 1.91 bits per heavy atom. The lowest BCUT2D eigenvalue weighted by Crippen LogP contribution is -2.13. The third-order valence-electron chi connectivity index (χ3n) is 4.05. The first kappa shape index (κ1) is 14.4. The van der Waals surface area contributed by atoms with Crippen LogP contribution in [-0.2, 0) is 0 Å². The van der Waals surface area contributed by atoms with Gasteiger partial charge in [0.15, 0.2) is 0 Å². The highest BCUT2D eigenvalue weighted by Crippen LogP contribution is 2.27. The molecule has 4 nitrogen and oxygen atoms in total. The van der Waals surface area contributed by atoms with Gasteiger partial charge in [-0.05, 0) is 56.4 Å². The lowest BCUT2D eigenvalue weighted by molar-refractivity contribution is 0.210. The summed E-state index contributed by atoms with van der Waals surface area (Å²) < 4.78 is 5.94. The molecule has 1 aromatic heterocycles. The van der Waals surface area contributed by atoms with Crippen molar-refractivity contribution >= 4 is 0 Å². The fourth-order valence-electron chi connectivity index (χ4n) is 2.94. The largest absolute Gasteiger partial charge is 0.490 e. The molecule has 0 bridgehead atoms. The number of hydrogen-bond donors (Lipinski definition) is 1. The lowest BCUT2D eigenvalue weighted by atomic mass is 10.0. The standard InChI is InChI=1S/C18H18N2O2/c1-12-10-16(17(11-19)18(21)20-12)13-6-8-15(9-7-13)22-14-4-2-3-5-14/h6-10,14H,2-5H2,1H3,(H,20,21). The van der Waals surface area contributed by atoms with Gasteiger partial charge in [-0.15, -0.1) is 0 Å². The van der Waals surface area contributed by atoms with E-state index in [0.29, 0.717) is 11.7 Å². The van der Waals surface area contributed by atoms with Crippen molar-refractivity contribution in [3.63, 3.8) is 0 Å². The summed E-state index contributed by atoms with van der Waals surface area (Å²) in [6, 6.07) is 11.4. The molecule has 1 aromatic carbocycles. The van der Waals surface area contributed by atoms with Crippen LogP contribution >= 0.6 is 0 Å². The van der Waals surface area contributed by atoms with Gasteiger partial charge < -0.3 is 9.72 Å². The molecule has 0 unspecified atom stereocenters. The highest BCUT2D eigenvalue weighted by molar-refractivity contribution is 5.70. The molecule has 0 aliphatic heterocycles. The van der Waals surface area contributed by atoms with Crippen LogP contribution in [0.25, 0.3) is 11.1 Å². The maximum Gasteiger partial charge on any atom is 0.266 e. The summed E-state index contributed by atoms with van der Waals surface area (Å²) in [5.74, 6) is 0.843. The number of aromatic amines is 1. The summed E-state index contributed by atoms with van der Waals surface area (Å²) in [5, 5.41) is 9.20. The number of nitrogens with zero attached hydrogens (tertiary/aromatic N) is 1. The quantitative estimate of drug-likeness (QED) is 0.941. The van der Waals surface area contributed by atoms with Crippen LogP contribution in [0, 0.1) is 18.3 Å². The Morgan fingerprint density at radius 1 is 1.23 bits per heavy atom. The van der Waals surface area contributed by atoms with Gasteiger partial charge in [-0.3, -0.25) is 4.79 Å². The summed E-state index contributed by atoms with van der Waals surface area (Å²) in [5.41, 5.74) is 2.06. The number of H-pyrrole nitrogens is 1. The molecular weight excluding hydrogens is 276 g/mol. The van der Waals surface area contributed by atoms with E-state index in [4.69, 9.17) is 4.74 Å². The Morgan fingerprint density at radius 3 is 2.55 bits per heavy atom. The van der Waals surface area contributed by atoms with E-state index in [1.54, 1.807) is 0 Å². The van der Waals surface area contributed by atoms with Gasteiger partial charge in [0, 0.05) is 11.3 Å². The molecule has 0 spiro atoms. The molecule has 0 amide bonds. The van der Waals surface area contributed by atoms with Crippen molar-refractivity contribution in [2.45, 2.75) is 38.7 Å². The zero-order chi connectivity index (χ0) is 15.5. The molecule has 4 heteroatoms. The highest BCUT2D eigenvalue weighted by atomic mass is 16.5. The Labute approximate surface area is 129 Å². The second-order valence-corrected chi connectivity index (χ2v) is 5.73. The van der Waals surface area contributed by atoms with Gasteiger partial charge in [-0.2, -0.15) is 5.26 Å². The lowest BCUT2D eigenvalue weighted by Gasteiger charge is -2.13. The molecule has 1 fully saturated rings. The van der Waals surface area contributed by atoms with Crippen molar-refractivity contribution in [2.24, 2.45) is 0 Å². The molecule has 1 N–H and O–H groups in total. The van der Waals surface area contributed by atoms with Gasteiger partial charge in [-0.1, -0.05) is 12.1 Å². The van der Waals surface area contributed by atoms with Crippen molar-refractivity contribution in [3.8, 4) is 22.9 Å². The van der Waals surface area contributed by atoms with Crippen molar-refractivity contribution in [2.75, 3.05) is 0 Å². The summed E-state index contributed by atoms with van der Waals surface area (Å²) in [6.45, 7) is 1.81. The SMILES string of the molecule is Cc1cc(-c2ccc(OC3CCCC3)cc2)c(C#N)c(=O)[nH]1. The fraction of sp³-hybridized carbons (Fsp3) is 0.333. The minimum Gasteiger partial charge on any atom is -0.490 e. The van der Waals surface area contributed by atoms with Gasteiger partial charge >= 0.3 is 0 Å². The van der Waals surface area contributed by atoms with E-state index in [0.717, 1.165) is 29.8 Å². The molecule has 3 rings (SSSR count). The molecule has 1 aliphatic rings. The fourth-order valence-corrected chi connectivity index (χ4v) is 2.94. The van der Waals surface area contributed by atoms with Crippen molar-refractivity contribution < 1.29 is 4.74 Å². The topological polar surface area (TPSA) is 65.9 Å². The zero-order valence-corrected chi connectivity index (χ0v) is 12.6. The van der Waals surface area contributed by atoms with Crippen LogP contribution in [0.15, 0.2) is 35.1 Å². The minimum atomic E-state index is -0.344. The molecule has 1 saturated carbocycles. The van der Waals surface area contributed by atoms with Crippen molar-refractivity contribution in [1.82, 2.24) is 4.98 Å². The first-order valence-corrected chi connectivity index (χ1v) is 7.58. The molecule has 22 heavy (non-hydrogen) atoms. The van der Waals surface area contributed by atoms with Crippen molar-refractivity contribution in [3.05, 3.63) is 51.9 Å². The molecule has 2 aromatic rings. The summed E-state index contributed by atoms with van der Waals surface area (Å²) in [6.07, 6.45) is 5.03. The highest BCUT2D eigenvalue weighted by Gasteiger charge is 2.16. The number of nitrogens with one attached hydrogen (secondary N) is 1. The smallest absolute Gasteiger partial charge is 0.266 e. The molecule has 112 valence electrons. The van der Waals surface area contributed by atoms with Gasteiger partial charge in [0.05, 0.1) is 6.10 Å². The van der Waals surface area contributed by atoms with Crippen LogP contribution in [0.2, 0.25) is 0 Å². The van der Waals surface area contributed by atoms with Crippen LogP contribution in [-0.4, -0.2) is 11.1 Å². The molecule has 0 saturated heterocycles. The van der Waals surface area contributed by atoms with E-state index in [-0.39, 0.29) is 11.1 Å². The predicted molar refractivity (Wildman–Crippen MR) is 84.8 cm³/mol. The summed E-state index contributed by atoms with van der Waals surface area (Å²) >= 11 is 0. The number of nitriles is 1.